The van der Waals surface area contributed by atoms with Gasteiger partial charge in [0.2, 0.25) is 0 Å². The Morgan fingerprint density at radius 1 is 1.40 bits per heavy atom. The van der Waals surface area contributed by atoms with Crippen LogP contribution in [0.15, 0.2) is 0 Å². The van der Waals surface area contributed by atoms with Crippen LogP contribution in [0.1, 0.15) is 27.0 Å². The number of nitrogen functional groups attached to an aromatic ring is 1. The zero-order valence-electron chi connectivity index (χ0n) is 11.4. The van der Waals surface area contributed by atoms with Crippen LogP contribution >= 0.6 is 11.3 Å². The first-order chi connectivity index (χ1) is 9.56. The lowest BCUT2D eigenvalue weighted by Crippen LogP contribution is -2.43. The van der Waals surface area contributed by atoms with E-state index in [2.05, 4.69) is 10.6 Å². The molecule has 20 heavy (non-hydrogen) atoms. The molecule has 7 nitrogen and oxygen atoms in total. The highest BCUT2D eigenvalue weighted by molar-refractivity contribution is 7.19. The van der Waals surface area contributed by atoms with E-state index in [-0.39, 0.29) is 17.2 Å². The second kappa shape index (κ2) is 6.10. The maximum absolute atomic E-state index is 12.0. The average molecular weight is 297 g/mol. The SMILES string of the molecule is CCNC(=O)c1sc(N2CCNCC2)c(C(N)=O)c1N. The summed E-state index contributed by atoms with van der Waals surface area (Å²) >= 11 is 1.23. The van der Waals surface area contributed by atoms with Crippen molar-refractivity contribution in [3.63, 3.8) is 0 Å². The van der Waals surface area contributed by atoms with Crippen LogP contribution in [0.5, 0.6) is 0 Å². The molecule has 1 fully saturated rings. The Kier molecular flexibility index (Phi) is 4.46. The van der Waals surface area contributed by atoms with E-state index >= 15 is 0 Å². The summed E-state index contributed by atoms with van der Waals surface area (Å²) in [7, 11) is 0. The van der Waals surface area contributed by atoms with E-state index in [1.54, 1.807) is 0 Å². The maximum atomic E-state index is 12.0. The molecule has 0 atom stereocenters. The van der Waals surface area contributed by atoms with Crippen molar-refractivity contribution < 1.29 is 9.59 Å². The van der Waals surface area contributed by atoms with Gasteiger partial charge >= 0.3 is 0 Å². The summed E-state index contributed by atoms with van der Waals surface area (Å²) in [4.78, 5) is 26.0. The number of amides is 2. The standard InChI is InChI=1S/C12H19N5O2S/c1-2-16-11(19)9-8(13)7(10(14)18)12(20-9)17-5-3-15-4-6-17/h15H,2-6,13H2,1H3,(H2,14,18)(H,16,19). The number of piperazine rings is 1. The second-order valence-corrected chi connectivity index (χ2v) is 5.48. The first-order valence-electron chi connectivity index (χ1n) is 6.52. The zero-order chi connectivity index (χ0) is 14.7. The van der Waals surface area contributed by atoms with Gasteiger partial charge in [-0.3, -0.25) is 9.59 Å². The van der Waals surface area contributed by atoms with E-state index in [1.165, 1.54) is 11.3 Å². The molecule has 110 valence electrons. The van der Waals surface area contributed by atoms with E-state index in [0.29, 0.717) is 16.4 Å². The molecule has 0 saturated carbocycles. The number of carbonyl (C=O) groups is 2. The van der Waals surface area contributed by atoms with E-state index in [0.717, 1.165) is 26.2 Å². The lowest BCUT2D eigenvalue weighted by molar-refractivity contribution is 0.0960. The minimum Gasteiger partial charge on any atom is -0.397 e. The smallest absolute Gasteiger partial charge is 0.263 e. The summed E-state index contributed by atoms with van der Waals surface area (Å²) in [6.45, 7) is 5.50. The minimum absolute atomic E-state index is 0.182. The normalized spacial score (nSPS) is 15.2. The molecule has 2 amide bonds. The first-order valence-corrected chi connectivity index (χ1v) is 7.33. The molecule has 2 heterocycles. The predicted molar refractivity (Wildman–Crippen MR) is 80.3 cm³/mol. The molecule has 0 bridgehead atoms. The molecular formula is C12H19N5O2S. The largest absolute Gasteiger partial charge is 0.397 e. The lowest BCUT2D eigenvalue weighted by atomic mass is 10.2. The summed E-state index contributed by atoms with van der Waals surface area (Å²) in [6.07, 6.45) is 0. The van der Waals surface area contributed by atoms with Crippen LogP contribution in [0.2, 0.25) is 0 Å². The van der Waals surface area contributed by atoms with Gasteiger partial charge in [0.1, 0.15) is 9.88 Å². The molecule has 1 saturated heterocycles. The van der Waals surface area contributed by atoms with Gasteiger partial charge in [0.15, 0.2) is 0 Å². The van der Waals surface area contributed by atoms with Crippen LogP contribution < -0.4 is 27.0 Å². The van der Waals surface area contributed by atoms with E-state index in [4.69, 9.17) is 11.5 Å². The quantitative estimate of drug-likeness (QED) is 0.603. The van der Waals surface area contributed by atoms with Crippen LogP contribution in [0, 0.1) is 0 Å². The Labute approximate surface area is 121 Å². The van der Waals surface area contributed by atoms with Crippen LogP contribution in [0.3, 0.4) is 0 Å². The summed E-state index contributed by atoms with van der Waals surface area (Å²) in [5.74, 6) is -0.860. The highest BCUT2D eigenvalue weighted by atomic mass is 32.1. The van der Waals surface area contributed by atoms with Crippen molar-refractivity contribution in [3.05, 3.63) is 10.4 Å². The molecule has 1 aromatic heterocycles. The first kappa shape index (κ1) is 14.6. The van der Waals surface area contributed by atoms with E-state index in [9.17, 15) is 9.59 Å². The van der Waals surface area contributed by atoms with Crippen LogP contribution in [-0.4, -0.2) is 44.5 Å². The Hall–Kier alpha value is -1.80. The van der Waals surface area contributed by atoms with Gasteiger partial charge in [-0.1, -0.05) is 0 Å². The predicted octanol–water partition coefficient (Wildman–Crippen LogP) is -0.411. The van der Waals surface area contributed by atoms with Gasteiger partial charge in [-0.2, -0.15) is 0 Å². The molecular weight excluding hydrogens is 278 g/mol. The molecule has 0 radical (unpaired) electrons. The highest BCUT2D eigenvalue weighted by Crippen LogP contribution is 2.38. The van der Waals surface area contributed by atoms with E-state index < -0.39 is 5.91 Å². The number of nitrogens with zero attached hydrogens (tertiary/aromatic N) is 1. The van der Waals surface area contributed by atoms with Gasteiger partial charge in [0.25, 0.3) is 11.8 Å². The molecule has 0 spiro atoms. The van der Waals surface area contributed by atoms with Crippen LogP contribution in [0.25, 0.3) is 0 Å². The Morgan fingerprint density at radius 3 is 2.60 bits per heavy atom. The molecule has 0 unspecified atom stereocenters. The highest BCUT2D eigenvalue weighted by Gasteiger charge is 2.27. The van der Waals surface area contributed by atoms with E-state index in [1.807, 2.05) is 11.8 Å². The van der Waals surface area contributed by atoms with Gasteiger partial charge in [-0.25, -0.2) is 0 Å². The average Bonchev–Trinajstić information content (AvgIpc) is 2.78. The number of primary amides is 1. The van der Waals surface area contributed by atoms with Crippen molar-refractivity contribution in [1.29, 1.82) is 0 Å². The monoisotopic (exact) mass is 297 g/mol. The van der Waals surface area contributed by atoms with Crippen molar-refractivity contribution in [2.75, 3.05) is 43.4 Å². The fourth-order valence-corrected chi connectivity index (χ4v) is 3.36. The number of rotatable bonds is 4. The molecule has 1 aliphatic rings. The van der Waals surface area contributed by atoms with Crippen molar-refractivity contribution in [1.82, 2.24) is 10.6 Å². The second-order valence-electron chi connectivity index (χ2n) is 4.49. The number of anilines is 2. The van der Waals surface area contributed by atoms with Gasteiger partial charge < -0.3 is 27.0 Å². The molecule has 0 aromatic carbocycles. The number of nitrogens with one attached hydrogen (secondary N) is 2. The lowest BCUT2D eigenvalue weighted by Gasteiger charge is -2.28. The molecule has 8 heteroatoms. The fraction of sp³-hybridized carbons (Fsp3) is 0.500. The van der Waals surface area contributed by atoms with Crippen molar-refractivity contribution >= 4 is 33.8 Å². The Balaban J connectivity index is 2.41. The number of nitrogens with two attached hydrogens (primary N) is 2. The molecule has 1 aliphatic heterocycles. The molecule has 2 rings (SSSR count). The van der Waals surface area contributed by atoms with Crippen LogP contribution in [-0.2, 0) is 0 Å². The van der Waals surface area contributed by atoms with Gasteiger partial charge in [0, 0.05) is 32.7 Å². The third kappa shape index (κ3) is 2.70. The summed E-state index contributed by atoms with van der Waals surface area (Å²) in [6, 6.07) is 0. The maximum Gasteiger partial charge on any atom is 0.263 e. The van der Waals surface area contributed by atoms with Crippen molar-refractivity contribution in [2.45, 2.75) is 6.92 Å². The summed E-state index contributed by atoms with van der Waals surface area (Å²) in [5, 5.41) is 6.62. The third-order valence-corrected chi connectivity index (χ3v) is 4.39. The Bertz CT molecular complexity index is 522. The van der Waals surface area contributed by atoms with Gasteiger partial charge in [-0.05, 0) is 6.92 Å². The van der Waals surface area contributed by atoms with Gasteiger partial charge in [0.05, 0.1) is 11.3 Å². The minimum atomic E-state index is -0.595. The van der Waals surface area contributed by atoms with Crippen molar-refractivity contribution in [2.24, 2.45) is 5.73 Å². The Morgan fingerprint density at radius 2 is 2.05 bits per heavy atom. The summed E-state index contributed by atoms with van der Waals surface area (Å²) < 4.78 is 0. The van der Waals surface area contributed by atoms with Crippen LogP contribution in [0.4, 0.5) is 10.7 Å². The number of hydrogen-bond acceptors (Lipinski definition) is 6. The number of thiophene rings is 1. The van der Waals surface area contributed by atoms with Crippen molar-refractivity contribution in [3.8, 4) is 0 Å². The zero-order valence-corrected chi connectivity index (χ0v) is 12.2. The molecule has 6 N–H and O–H groups in total. The molecule has 0 aliphatic carbocycles. The van der Waals surface area contributed by atoms with Gasteiger partial charge in [-0.15, -0.1) is 11.3 Å². The number of carbonyl (C=O) groups excluding carboxylic acids is 2. The summed E-state index contributed by atoms with van der Waals surface area (Å²) in [5.41, 5.74) is 11.8. The fourth-order valence-electron chi connectivity index (χ4n) is 2.17. The number of hydrogen-bond donors (Lipinski definition) is 4. The third-order valence-electron chi connectivity index (χ3n) is 3.12. The molecule has 1 aromatic rings. The topological polar surface area (TPSA) is 113 Å².